The number of aliphatic hydroxyl groups excluding tert-OH is 1. The molecule has 0 amide bonds. The predicted octanol–water partition coefficient (Wildman–Crippen LogP) is 1.28. The van der Waals surface area contributed by atoms with E-state index >= 15 is 0 Å². The zero-order valence-electron chi connectivity index (χ0n) is 10.4. The van der Waals surface area contributed by atoms with Crippen molar-refractivity contribution in [2.24, 2.45) is 0 Å². The molecule has 1 aromatic heterocycles. The summed E-state index contributed by atoms with van der Waals surface area (Å²) >= 11 is 0. The van der Waals surface area contributed by atoms with Gasteiger partial charge in [0.05, 0.1) is 6.54 Å². The molecular formula is C13H17N3O2. The maximum absolute atomic E-state index is 9.78. The lowest BCUT2D eigenvalue weighted by Gasteiger charge is -2.12. The van der Waals surface area contributed by atoms with Gasteiger partial charge in [0.15, 0.2) is 0 Å². The fourth-order valence-electron chi connectivity index (χ4n) is 1.63. The van der Waals surface area contributed by atoms with E-state index in [-0.39, 0.29) is 6.61 Å². The number of ether oxygens (including phenoxy) is 1. The first-order chi connectivity index (χ1) is 8.78. The average Bonchev–Trinajstić information content (AvgIpc) is 2.90. The van der Waals surface area contributed by atoms with Crippen LogP contribution in [0, 0.1) is 0 Å². The third-order valence-corrected chi connectivity index (χ3v) is 2.66. The highest BCUT2D eigenvalue weighted by atomic mass is 16.5. The summed E-state index contributed by atoms with van der Waals surface area (Å²) in [6.07, 6.45) is 3.57. The van der Waals surface area contributed by atoms with Crippen LogP contribution in [0.5, 0.6) is 5.75 Å². The van der Waals surface area contributed by atoms with E-state index < -0.39 is 6.10 Å². The number of aromatic nitrogens is 3. The number of benzene rings is 1. The van der Waals surface area contributed by atoms with Crippen molar-refractivity contribution in [2.45, 2.75) is 26.0 Å². The Kier molecular flexibility index (Phi) is 4.30. The molecule has 0 aliphatic heterocycles. The molecule has 2 rings (SSSR count). The normalized spacial score (nSPS) is 12.3. The van der Waals surface area contributed by atoms with Crippen LogP contribution in [0.2, 0.25) is 0 Å². The number of hydrogen-bond acceptors (Lipinski definition) is 4. The summed E-state index contributed by atoms with van der Waals surface area (Å²) in [6, 6.07) is 7.90. The smallest absolute Gasteiger partial charge is 0.119 e. The fourth-order valence-corrected chi connectivity index (χ4v) is 1.63. The first-order valence-corrected chi connectivity index (χ1v) is 6.00. The third-order valence-electron chi connectivity index (χ3n) is 2.66. The molecule has 1 unspecified atom stereocenters. The molecule has 1 heterocycles. The van der Waals surface area contributed by atoms with Gasteiger partial charge in [0.25, 0.3) is 0 Å². The first kappa shape index (κ1) is 12.6. The van der Waals surface area contributed by atoms with Gasteiger partial charge in [-0.15, -0.1) is 10.2 Å². The zero-order valence-corrected chi connectivity index (χ0v) is 10.4. The molecule has 96 valence electrons. The van der Waals surface area contributed by atoms with Gasteiger partial charge in [-0.3, -0.25) is 0 Å². The minimum atomic E-state index is -0.577. The Morgan fingerprint density at radius 3 is 2.50 bits per heavy atom. The monoisotopic (exact) mass is 247 g/mol. The SMILES string of the molecule is CCc1ccc(OCC(O)Cn2cnnc2)cc1. The largest absolute Gasteiger partial charge is 0.491 e. The van der Waals surface area contributed by atoms with Gasteiger partial charge in [0, 0.05) is 0 Å². The molecule has 0 saturated carbocycles. The molecule has 2 aromatic rings. The van der Waals surface area contributed by atoms with Crippen molar-refractivity contribution in [1.82, 2.24) is 14.8 Å². The Hall–Kier alpha value is -1.88. The summed E-state index contributed by atoms with van der Waals surface area (Å²) in [6.45, 7) is 2.79. The molecule has 0 spiro atoms. The van der Waals surface area contributed by atoms with Crippen LogP contribution in [0.3, 0.4) is 0 Å². The van der Waals surface area contributed by atoms with Crippen molar-refractivity contribution in [3.63, 3.8) is 0 Å². The molecule has 0 fully saturated rings. The molecule has 1 atom stereocenters. The number of nitrogens with zero attached hydrogens (tertiary/aromatic N) is 3. The molecule has 5 heteroatoms. The summed E-state index contributed by atoms with van der Waals surface area (Å²) in [5.41, 5.74) is 1.27. The highest BCUT2D eigenvalue weighted by molar-refractivity contribution is 5.27. The Morgan fingerprint density at radius 2 is 1.89 bits per heavy atom. The summed E-state index contributed by atoms with van der Waals surface area (Å²) in [7, 11) is 0. The van der Waals surface area contributed by atoms with E-state index in [2.05, 4.69) is 17.1 Å². The molecule has 1 aromatic carbocycles. The van der Waals surface area contributed by atoms with Crippen LogP contribution < -0.4 is 4.74 Å². The quantitative estimate of drug-likeness (QED) is 0.835. The van der Waals surface area contributed by atoms with E-state index in [1.165, 1.54) is 5.56 Å². The minimum absolute atomic E-state index is 0.254. The molecule has 0 saturated heterocycles. The molecular weight excluding hydrogens is 230 g/mol. The molecule has 1 N–H and O–H groups in total. The molecule has 18 heavy (non-hydrogen) atoms. The van der Waals surface area contributed by atoms with E-state index in [0.29, 0.717) is 6.54 Å². The third kappa shape index (κ3) is 3.56. The number of aryl methyl sites for hydroxylation is 1. The second kappa shape index (κ2) is 6.16. The molecule has 0 bridgehead atoms. The van der Waals surface area contributed by atoms with Gasteiger partial charge >= 0.3 is 0 Å². The van der Waals surface area contributed by atoms with E-state index in [1.54, 1.807) is 17.2 Å². The van der Waals surface area contributed by atoms with Crippen molar-refractivity contribution < 1.29 is 9.84 Å². The van der Waals surface area contributed by atoms with Gasteiger partial charge in [-0.1, -0.05) is 19.1 Å². The molecule has 0 aliphatic rings. The lowest BCUT2D eigenvalue weighted by atomic mass is 10.2. The second-order valence-corrected chi connectivity index (χ2v) is 4.12. The topological polar surface area (TPSA) is 60.2 Å². The van der Waals surface area contributed by atoms with Crippen molar-refractivity contribution in [3.8, 4) is 5.75 Å². The van der Waals surface area contributed by atoms with Crippen LogP contribution in [0.25, 0.3) is 0 Å². The van der Waals surface area contributed by atoms with Gasteiger partial charge < -0.3 is 14.4 Å². The van der Waals surface area contributed by atoms with Gasteiger partial charge in [-0.25, -0.2) is 0 Å². The van der Waals surface area contributed by atoms with E-state index in [0.717, 1.165) is 12.2 Å². The maximum atomic E-state index is 9.78. The van der Waals surface area contributed by atoms with E-state index in [4.69, 9.17) is 4.74 Å². The Balaban J connectivity index is 1.79. The first-order valence-electron chi connectivity index (χ1n) is 6.00. The Bertz CT molecular complexity index is 454. The predicted molar refractivity (Wildman–Crippen MR) is 67.3 cm³/mol. The molecule has 0 aliphatic carbocycles. The summed E-state index contributed by atoms with van der Waals surface area (Å²) in [5.74, 6) is 0.773. The van der Waals surface area contributed by atoms with Crippen LogP contribution in [0.15, 0.2) is 36.9 Å². The number of aliphatic hydroxyl groups is 1. The van der Waals surface area contributed by atoms with Gasteiger partial charge in [0.2, 0.25) is 0 Å². The van der Waals surface area contributed by atoms with Gasteiger partial charge in [0.1, 0.15) is 31.1 Å². The highest BCUT2D eigenvalue weighted by Gasteiger charge is 2.06. The lowest BCUT2D eigenvalue weighted by molar-refractivity contribution is 0.0924. The van der Waals surface area contributed by atoms with Gasteiger partial charge in [-0.2, -0.15) is 0 Å². The Morgan fingerprint density at radius 1 is 1.22 bits per heavy atom. The maximum Gasteiger partial charge on any atom is 0.119 e. The summed E-state index contributed by atoms with van der Waals surface area (Å²) < 4.78 is 7.23. The fraction of sp³-hybridized carbons (Fsp3) is 0.385. The zero-order chi connectivity index (χ0) is 12.8. The van der Waals surface area contributed by atoms with E-state index in [1.807, 2.05) is 24.3 Å². The number of hydrogen-bond donors (Lipinski definition) is 1. The molecule has 5 nitrogen and oxygen atoms in total. The van der Waals surface area contributed by atoms with Crippen LogP contribution in [-0.4, -0.2) is 32.6 Å². The standard InChI is InChI=1S/C13H17N3O2/c1-2-11-3-5-13(6-4-11)18-8-12(17)7-16-9-14-15-10-16/h3-6,9-10,12,17H,2,7-8H2,1H3. The lowest BCUT2D eigenvalue weighted by Crippen LogP contribution is -2.23. The van der Waals surface area contributed by atoms with Crippen LogP contribution in [0.1, 0.15) is 12.5 Å². The number of rotatable bonds is 6. The molecule has 0 radical (unpaired) electrons. The average molecular weight is 247 g/mol. The summed E-state index contributed by atoms with van der Waals surface area (Å²) in [4.78, 5) is 0. The van der Waals surface area contributed by atoms with Crippen molar-refractivity contribution in [1.29, 1.82) is 0 Å². The van der Waals surface area contributed by atoms with Crippen molar-refractivity contribution >= 4 is 0 Å². The van der Waals surface area contributed by atoms with Crippen molar-refractivity contribution in [2.75, 3.05) is 6.61 Å². The minimum Gasteiger partial charge on any atom is -0.491 e. The highest BCUT2D eigenvalue weighted by Crippen LogP contribution is 2.12. The van der Waals surface area contributed by atoms with Gasteiger partial charge in [-0.05, 0) is 24.1 Å². The van der Waals surface area contributed by atoms with E-state index in [9.17, 15) is 5.11 Å². The Labute approximate surface area is 106 Å². The summed E-state index contributed by atoms with van der Waals surface area (Å²) in [5, 5.41) is 17.1. The van der Waals surface area contributed by atoms with Crippen LogP contribution >= 0.6 is 0 Å². The second-order valence-electron chi connectivity index (χ2n) is 4.12. The van der Waals surface area contributed by atoms with Crippen molar-refractivity contribution in [3.05, 3.63) is 42.5 Å². The van der Waals surface area contributed by atoms with Crippen LogP contribution in [0.4, 0.5) is 0 Å². The van der Waals surface area contributed by atoms with Crippen LogP contribution in [-0.2, 0) is 13.0 Å².